The van der Waals surface area contributed by atoms with Gasteiger partial charge in [-0.15, -0.1) is 0 Å². The highest BCUT2D eigenvalue weighted by Gasteiger charge is 2.16. The summed E-state index contributed by atoms with van der Waals surface area (Å²) in [5.41, 5.74) is 3.17. The molecule has 134 valence electrons. The largest absolute Gasteiger partial charge is 0.354 e. The van der Waals surface area contributed by atoms with Gasteiger partial charge in [0.05, 0.1) is 0 Å². The molecule has 0 aliphatic rings. The van der Waals surface area contributed by atoms with Gasteiger partial charge < -0.3 is 10.3 Å². The normalized spacial score (nSPS) is 12.7. The second-order valence-electron chi connectivity index (χ2n) is 5.83. The van der Waals surface area contributed by atoms with Crippen LogP contribution in [-0.4, -0.2) is 21.5 Å². The number of nitrogens with one attached hydrogen (secondary N) is 2. The molecule has 0 bridgehead atoms. The molecule has 0 atom stereocenters. The number of hydrogen-bond donors (Lipinski definition) is 2. The average molecular weight is 354 g/mol. The Morgan fingerprint density at radius 2 is 2.08 bits per heavy atom. The Labute approximate surface area is 150 Å². The highest BCUT2D eigenvalue weighted by molar-refractivity contribution is 6.01. The number of aromatic amines is 1. The molecule has 0 fully saturated rings. The molecular formula is C20H20F2N4. The predicted molar refractivity (Wildman–Crippen MR) is 102 cm³/mol. The van der Waals surface area contributed by atoms with Gasteiger partial charge in [-0.1, -0.05) is 24.3 Å². The van der Waals surface area contributed by atoms with Crippen LogP contribution in [0.4, 0.5) is 14.7 Å². The Balaban J connectivity index is 2.19. The summed E-state index contributed by atoms with van der Waals surface area (Å²) in [6.45, 7) is 6.41. The van der Waals surface area contributed by atoms with Crippen molar-refractivity contribution in [2.45, 2.75) is 20.8 Å². The first kappa shape index (κ1) is 17.8. The Morgan fingerprint density at radius 1 is 1.27 bits per heavy atom. The van der Waals surface area contributed by atoms with E-state index in [4.69, 9.17) is 0 Å². The van der Waals surface area contributed by atoms with E-state index in [9.17, 15) is 8.78 Å². The molecule has 1 aromatic carbocycles. The van der Waals surface area contributed by atoms with Crippen molar-refractivity contribution in [1.29, 1.82) is 0 Å². The van der Waals surface area contributed by atoms with Gasteiger partial charge in [-0.05, 0) is 38.0 Å². The predicted octanol–water partition coefficient (Wildman–Crippen LogP) is 5.17. The van der Waals surface area contributed by atoms with E-state index in [0.717, 1.165) is 29.1 Å². The van der Waals surface area contributed by atoms with E-state index < -0.39 is 11.6 Å². The fourth-order valence-electron chi connectivity index (χ4n) is 2.90. The van der Waals surface area contributed by atoms with Gasteiger partial charge in [0.15, 0.2) is 11.6 Å². The van der Waals surface area contributed by atoms with Gasteiger partial charge in [0, 0.05) is 35.5 Å². The number of H-pyrrole nitrogens is 1. The summed E-state index contributed by atoms with van der Waals surface area (Å²) in [6.07, 6.45) is 7.12. The Kier molecular flexibility index (Phi) is 5.11. The molecule has 0 unspecified atom stereocenters. The zero-order valence-corrected chi connectivity index (χ0v) is 14.9. The molecule has 3 aromatic rings. The third-order valence-corrected chi connectivity index (χ3v) is 4.15. The number of halogens is 2. The van der Waals surface area contributed by atoms with Gasteiger partial charge in [0.1, 0.15) is 5.65 Å². The number of hydrogen-bond acceptors (Lipinski definition) is 3. The first-order chi connectivity index (χ1) is 12.6. The Morgan fingerprint density at radius 3 is 2.81 bits per heavy atom. The van der Waals surface area contributed by atoms with E-state index in [1.165, 1.54) is 6.07 Å². The minimum absolute atomic E-state index is 0.222. The van der Waals surface area contributed by atoms with Crippen LogP contribution >= 0.6 is 0 Å². The van der Waals surface area contributed by atoms with E-state index in [0.29, 0.717) is 17.2 Å². The molecule has 4 nitrogen and oxygen atoms in total. The fraction of sp³-hybridized carbons (Fsp3) is 0.200. The van der Waals surface area contributed by atoms with E-state index in [1.54, 1.807) is 24.4 Å². The highest BCUT2D eigenvalue weighted by Crippen LogP contribution is 2.33. The Bertz CT molecular complexity index is 1000. The number of fused-ring (bicyclic) bond motifs is 1. The van der Waals surface area contributed by atoms with Crippen molar-refractivity contribution < 1.29 is 8.78 Å². The quantitative estimate of drug-likeness (QED) is 0.621. The maximum absolute atomic E-state index is 14.3. The van der Waals surface area contributed by atoms with Gasteiger partial charge in [0.2, 0.25) is 5.95 Å². The molecule has 0 radical (unpaired) electrons. The van der Waals surface area contributed by atoms with Crippen molar-refractivity contribution in [3.63, 3.8) is 0 Å². The van der Waals surface area contributed by atoms with Crippen molar-refractivity contribution in [2.75, 3.05) is 11.9 Å². The van der Waals surface area contributed by atoms with Gasteiger partial charge in [-0.25, -0.2) is 13.8 Å². The first-order valence-electron chi connectivity index (χ1n) is 8.43. The average Bonchev–Trinajstić information content (AvgIpc) is 3.05. The molecule has 0 saturated heterocycles. The lowest BCUT2D eigenvalue weighted by Crippen LogP contribution is -2.01. The molecule has 0 saturated carbocycles. The van der Waals surface area contributed by atoms with E-state index >= 15 is 0 Å². The molecule has 2 heterocycles. The summed E-state index contributed by atoms with van der Waals surface area (Å²) in [7, 11) is 0. The van der Waals surface area contributed by atoms with Crippen LogP contribution < -0.4 is 5.32 Å². The third-order valence-electron chi connectivity index (χ3n) is 4.15. The minimum Gasteiger partial charge on any atom is -0.354 e. The SMILES string of the molecule is C/C=C\C(=C(/C)c1c[nH]c2nc(NCC)ncc12)c1cccc(F)c1F. The molecule has 0 amide bonds. The third kappa shape index (κ3) is 3.22. The molecule has 3 rings (SSSR count). The summed E-state index contributed by atoms with van der Waals surface area (Å²) >= 11 is 0. The van der Waals surface area contributed by atoms with Crippen LogP contribution in [0, 0.1) is 11.6 Å². The van der Waals surface area contributed by atoms with Gasteiger partial charge >= 0.3 is 0 Å². The number of allylic oxidation sites excluding steroid dienone is 4. The monoisotopic (exact) mass is 354 g/mol. The van der Waals surface area contributed by atoms with Crippen LogP contribution in [0.1, 0.15) is 31.9 Å². The molecule has 0 aliphatic carbocycles. The lowest BCUT2D eigenvalue weighted by Gasteiger charge is -2.10. The topological polar surface area (TPSA) is 53.6 Å². The molecule has 0 spiro atoms. The summed E-state index contributed by atoms with van der Waals surface area (Å²) in [5, 5.41) is 3.89. The van der Waals surface area contributed by atoms with Crippen LogP contribution in [0.5, 0.6) is 0 Å². The van der Waals surface area contributed by atoms with Crippen molar-refractivity contribution >= 4 is 28.1 Å². The molecule has 2 N–H and O–H groups in total. The van der Waals surface area contributed by atoms with Gasteiger partial charge in [0.25, 0.3) is 0 Å². The second-order valence-corrected chi connectivity index (χ2v) is 5.83. The fourth-order valence-corrected chi connectivity index (χ4v) is 2.90. The van der Waals surface area contributed by atoms with E-state index in [2.05, 4.69) is 20.3 Å². The minimum atomic E-state index is -0.866. The lowest BCUT2D eigenvalue weighted by molar-refractivity contribution is 0.506. The maximum Gasteiger partial charge on any atom is 0.224 e. The Hall–Kier alpha value is -3.02. The number of aromatic nitrogens is 3. The molecule has 2 aromatic heterocycles. The van der Waals surface area contributed by atoms with E-state index in [-0.39, 0.29) is 5.56 Å². The van der Waals surface area contributed by atoms with Crippen molar-refractivity contribution in [2.24, 2.45) is 0 Å². The van der Waals surface area contributed by atoms with Crippen molar-refractivity contribution in [3.05, 3.63) is 65.5 Å². The first-order valence-corrected chi connectivity index (χ1v) is 8.43. The van der Waals surface area contributed by atoms with E-state index in [1.807, 2.05) is 27.0 Å². The molecule has 6 heteroatoms. The zero-order chi connectivity index (χ0) is 18.7. The molecular weight excluding hydrogens is 334 g/mol. The lowest BCUT2D eigenvalue weighted by atomic mass is 9.95. The number of anilines is 1. The summed E-state index contributed by atoms with van der Waals surface area (Å²) < 4.78 is 28.0. The van der Waals surface area contributed by atoms with Crippen molar-refractivity contribution in [1.82, 2.24) is 15.0 Å². The molecule has 0 aliphatic heterocycles. The summed E-state index contributed by atoms with van der Waals surface area (Å²) in [6, 6.07) is 4.20. The molecule has 26 heavy (non-hydrogen) atoms. The van der Waals surface area contributed by atoms with Gasteiger partial charge in [-0.2, -0.15) is 4.98 Å². The van der Waals surface area contributed by atoms with Gasteiger partial charge in [-0.3, -0.25) is 0 Å². The summed E-state index contributed by atoms with van der Waals surface area (Å²) in [5.74, 6) is -1.18. The van der Waals surface area contributed by atoms with Crippen LogP contribution in [0.3, 0.4) is 0 Å². The van der Waals surface area contributed by atoms with Crippen molar-refractivity contribution in [3.8, 4) is 0 Å². The van der Waals surface area contributed by atoms with Crippen LogP contribution in [-0.2, 0) is 0 Å². The summed E-state index contributed by atoms with van der Waals surface area (Å²) in [4.78, 5) is 11.9. The standard InChI is InChI=1S/C20H20F2N4/c1-4-7-13(14-8-6-9-17(21)18(14)22)12(3)15-10-24-19-16(15)11-25-20(26-19)23-5-2/h4,6-11H,5H2,1-3H3,(H2,23,24,25,26)/b7-4-,13-12-. The smallest absolute Gasteiger partial charge is 0.224 e. The maximum atomic E-state index is 14.3. The number of benzene rings is 1. The zero-order valence-electron chi connectivity index (χ0n) is 14.9. The highest BCUT2D eigenvalue weighted by atomic mass is 19.2. The number of nitrogens with zero attached hydrogens (tertiary/aromatic N) is 2. The number of rotatable bonds is 5. The van der Waals surface area contributed by atoms with Crippen LogP contribution in [0.25, 0.3) is 22.2 Å². The second kappa shape index (κ2) is 7.47. The van der Waals surface area contributed by atoms with Crippen LogP contribution in [0.2, 0.25) is 0 Å². The van der Waals surface area contributed by atoms with Crippen LogP contribution in [0.15, 0.2) is 42.7 Å².